The van der Waals surface area contributed by atoms with E-state index in [4.69, 9.17) is 5.73 Å². The zero-order chi connectivity index (χ0) is 15.1. The standard InChI is InChI=1S/C16H13N5S/c1-10-4-2-5-11(8-10)14-18-19-16-21(14)20-15(22-16)12-6-3-7-13(17)9-12/h2-9H,17H2,1H3. The van der Waals surface area contributed by atoms with Crippen LogP contribution in [0.25, 0.3) is 26.9 Å². The maximum Gasteiger partial charge on any atom is 0.235 e. The second-order valence-corrected chi connectivity index (χ2v) is 6.08. The number of hydrogen-bond acceptors (Lipinski definition) is 5. The van der Waals surface area contributed by atoms with Gasteiger partial charge in [0.1, 0.15) is 5.01 Å². The highest BCUT2D eigenvalue weighted by Gasteiger charge is 2.14. The summed E-state index contributed by atoms with van der Waals surface area (Å²) in [7, 11) is 0. The fourth-order valence-corrected chi connectivity index (χ4v) is 3.21. The molecule has 0 atom stereocenters. The average Bonchev–Trinajstić information content (AvgIpc) is 3.07. The van der Waals surface area contributed by atoms with Gasteiger partial charge >= 0.3 is 0 Å². The smallest absolute Gasteiger partial charge is 0.235 e. The third kappa shape index (κ3) is 2.14. The lowest BCUT2D eigenvalue weighted by Crippen LogP contribution is -1.91. The molecule has 0 aliphatic heterocycles. The summed E-state index contributed by atoms with van der Waals surface area (Å²) in [5, 5.41) is 14.0. The van der Waals surface area contributed by atoms with Crippen molar-refractivity contribution in [1.29, 1.82) is 0 Å². The van der Waals surface area contributed by atoms with Crippen LogP contribution >= 0.6 is 11.3 Å². The van der Waals surface area contributed by atoms with Crippen molar-refractivity contribution >= 4 is 22.0 Å². The largest absolute Gasteiger partial charge is 0.399 e. The first kappa shape index (κ1) is 13.0. The molecule has 4 aromatic rings. The van der Waals surface area contributed by atoms with E-state index in [9.17, 15) is 0 Å². The lowest BCUT2D eigenvalue weighted by molar-refractivity contribution is 0.970. The van der Waals surface area contributed by atoms with Gasteiger partial charge in [0, 0.05) is 16.8 Å². The SMILES string of the molecule is Cc1cccc(-c2nnc3sc(-c4cccc(N)c4)nn23)c1. The fraction of sp³-hybridized carbons (Fsp3) is 0.0625. The van der Waals surface area contributed by atoms with Crippen molar-refractivity contribution in [3.63, 3.8) is 0 Å². The molecule has 0 saturated carbocycles. The number of fused-ring (bicyclic) bond motifs is 1. The number of hydrogen-bond donors (Lipinski definition) is 1. The molecule has 22 heavy (non-hydrogen) atoms. The van der Waals surface area contributed by atoms with E-state index >= 15 is 0 Å². The van der Waals surface area contributed by atoms with Crippen LogP contribution in [0.4, 0.5) is 5.69 Å². The first-order chi connectivity index (χ1) is 10.7. The second kappa shape index (κ2) is 4.92. The molecule has 0 unspecified atom stereocenters. The summed E-state index contributed by atoms with van der Waals surface area (Å²) in [5.41, 5.74) is 9.75. The van der Waals surface area contributed by atoms with Crippen molar-refractivity contribution in [2.24, 2.45) is 0 Å². The van der Waals surface area contributed by atoms with E-state index in [1.54, 1.807) is 4.52 Å². The molecule has 2 aromatic carbocycles. The number of aromatic nitrogens is 4. The number of rotatable bonds is 2. The molecule has 0 bridgehead atoms. The topological polar surface area (TPSA) is 69.1 Å². The molecule has 108 valence electrons. The van der Waals surface area contributed by atoms with Gasteiger partial charge < -0.3 is 5.73 Å². The fourth-order valence-electron chi connectivity index (χ4n) is 2.37. The van der Waals surface area contributed by atoms with Crippen LogP contribution in [0, 0.1) is 6.92 Å². The molecule has 2 heterocycles. The third-order valence-corrected chi connectivity index (χ3v) is 4.35. The van der Waals surface area contributed by atoms with E-state index in [1.165, 1.54) is 16.9 Å². The van der Waals surface area contributed by atoms with Gasteiger partial charge in [0.05, 0.1) is 0 Å². The Labute approximate surface area is 131 Å². The van der Waals surface area contributed by atoms with E-state index in [-0.39, 0.29) is 0 Å². The van der Waals surface area contributed by atoms with Crippen LogP contribution in [-0.2, 0) is 0 Å². The summed E-state index contributed by atoms with van der Waals surface area (Å²) in [6.07, 6.45) is 0. The Hall–Kier alpha value is -2.73. The molecule has 0 saturated heterocycles. The van der Waals surface area contributed by atoms with Crippen molar-refractivity contribution in [3.05, 3.63) is 54.1 Å². The average molecular weight is 307 g/mol. The van der Waals surface area contributed by atoms with Crippen molar-refractivity contribution in [2.75, 3.05) is 5.73 Å². The highest BCUT2D eigenvalue weighted by atomic mass is 32.1. The van der Waals surface area contributed by atoms with E-state index in [0.29, 0.717) is 0 Å². The first-order valence-electron chi connectivity index (χ1n) is 6.86. The van der Waals surface area contributed by atoms with Crippen molar-refractivity contribution in [1.82, 2.24) is 19.8 Å². The Kier molecular flexibility index (Phi) is 2.90. The molecule has 6 heteroatoms. The maximum absolute atomic E-state index is 5.85. The Morgan fingerprint density at radius 1 is 1.00 bits per heavy atom. The van der Waals surface area contributed by atoms with Gasteiger partial charge in [-0.3, -0.25) is 0 Å². The Morgan fingerprint density at radius 3 is 2.64 bits per heavy atom. The molecular formula is C16H13N5S. The number of aryl methyl sites for hydroxylation is 1. The number of anilines is 1. The Bertz CT molecular complexity index is 970. The second-order valence-electron chi connectivity index (χ2n) is 5.12. The molecule has 0 fully saturated rings. The minimum atomic E-state index is 0.724. The van der Waals surface area contributed by atoms with Gasteiger partial charge in [-0.1, -0.05) is 47.2 Å². The van der Waals surface area contributed by atoms with Crippen LogP contribution in [0.2, 0.25) is 0 Å². The summed E-state index contributed by atoms with van der Waals surface area (Å²) < 4.78 is 1.79. The van der Waals surface area contributed by atoms with E-state index in [1.807, 2.05) is 36.4 Å². The molecule has 0 radical (unpaired) electrons. The van der Waals surface area contributed by atoms with Crippen molar-refractivity contribution in [2.45, 2.75) is 6.92 Å². The molecular weight excluding hydrogens is 294 g/mol. The molecule has 4 rings (SSSR count). The molecule has 2 N–H and O–H groups in total. The van der Waals surface area contributed by atoms with Gasteiger partial charge in [0.15, 0.2) is 5.82 Å². The van der Waals surface area contributed by atoms with Gasteiger partial charge in [-0.25, -0.2) is 0 Å². The molecule has 2 aromatic heterocycles. The molecule has 0 aliphatic carbocycles. The maximum atomic E-state index is 5.85. The van der Waals surface area contributed by atoms with Crippen molar-refractivity contribution < 1.29 is 0 Å². The van der Waals surface area contributed by atoms with Gasteiger partial charge in [-0.15, -0.1) is 10.2 Å². The number of nitrogens with zero attached hydrogens (tertiary/aromatic N) is 4. The van der Waals surface area contributed by atoms with Crippen LogP contribution in [-0.4, -0.2) is 19.8 Å². The number of nitrogen functional groups attached to an aromatic ring is 1. The van der Waals surface area contributed by atoms with Gasteiger partial charge in [0.2, 0.25) is 4.96 Å². The quantitative estimate of drug-likeness (QED) is 0.576. The highest BCUT2D eigenvalue weighted by Crippen LogP contribution is 2.29. The van der Waals surface area contributed by atoms with E-state index in [0.717, 1.165) is 32.6 Å². The number of benzene rings is 2. The molecule has 0 spiro atoms. The van der Waals surface area contributed by atoms with Gasteiger partial charge in [-0.2, -0.15) is 9.61 Å². The lowest BCUT2D eigenvalue weighted by atomic mass is 10.1. The van der Waals surface area contributed by atoms with Crippen LogP contribution in [0.5, 0.6) is 0 Å². The van der Waals surface area contributed by atoms with E-state index < -0.39 is 0 Å². The van der Waals surface area contributed by atoms with E-state index in [2.05, 4.69) is 34.4 Å². The van der Waals surface area contributed by atoms with Crippen LogP contribution in [0.3, 0.4) is 0 Å². The summed E-state index contributed by atoms with van der Waals surface area (Å²) in [6.45, 7) is 2.06. The zero-order valence-electron chi connectivity index (χ0n) is 11.9. The Morgan fingerprint density at radius 2 is 1.82 bits per heavy atom. The summed E-state index contributed by atoms with van der Waals surface area (Å²) >= 11 is 1.50. The van der Waals surface area contributed by atoms with Gasteiger partial charge in [0.25, 0.3) is 0 Å². The summed E-state index contributed by atoms with van der Waals surface area (Å²) in [6, 6.07) is 15.9. The number of nitrogens with two attached hydrogens (primary N) is 1. The monoisotopic (exact) mass is 307 g/mol. The summed E-state index contributed by atoms with van der Waals surface area (Å²) in [5.74, 6) is 0.755. The van der Waals surface area contributed by atoms with Gasteiger partial charge in [-0.05, 0) is 25.1 Å². The third-order valence-electron chi connectivity index (χ3n) is 3.40. The molecule has 0 aliphatic rings. The molecule has 0 amide bonds. The van der Waals surface area contributed by atoms with Crippen LogP contribution in [0.1, 0.15) is 5.56 Å². The highest BCUT2D eigenvalue weighted by molar-refractivity contribution is 7.19. The predicted molar refractivity (Wildman–Crippen MR) is 88.7 cm³/mol. The van der Waals surface area contributed by atoms with Crippen LogP contribution < -0.4 is 5.73 Å². The normalized spacial score (nSPS) is 11.1. The summed E-state index contributed by atoms with van der Waals surface area (Å²) in [4.78, 5) is 0.772. The predicted octanol–water partition coefficient (Wildman–Crippen LogP) is 3.41. The van der Waals surface area contributed by atoms with Crippen LogP contribution in [0.15, 0.2) is 48.5 Å². The molecule has 5 nitrogen and oxygen atoms in total. The van der Waals surface area contributed by atoms with Crippen molar-refractivity contribution in [3.8, 4) is 22.0 Å². The Balaban J connectivity index is 1.86. The first-order valence-corrected chi connectivity index (χ1v) is 7.67. The minimum absolute atomic E-state index is 0.724. The zero-order valence-corrected chi connectivity index (χ0v) is 12.7. The lowest BCUT2D eigenvalue weighted by Gasteiger charge is -1.99. The minimum Gasteiger partial charge on any atom is -0.399 e.